The number of hydrogen-bond acceptors (Lipinski definition) is 7. The predicted molar refractivity (Wildman–Crippen MR) is 138 cm³/mol. The van der Waals surface area contributed by atoms with Crippen LogP contribution in [0.1, 0.15) is 82.5 Å². The summed E-state index contributed by atoms with van der Waals surface area (Å²) in [6.07, 6.45) is 6.52. The first kappa shape index (κ1) is 23.1. The molecule has 10 heteroatoms. The van der Waals surface area contributed by atoms with E-state index in [1.807, 2.05) is 6.20 Å². The van der Waals surface area contributed by atoms with Crippen molar-refractivity contribution in [3.05, 3.63) is 52.8 Å². The predicted octanol–water partition coefficient (Wildman–Crippen LogP) is 3.08. The third-order valence-electron chi connectivity index (χ3n) is 8.38. The molecule has 10 nitrogen and oxygen atoms in total. The number of carbonyl (C=O) groups excluding carboxylic acids is 4. The second kappa shape index (κ2) is 8.47. The summed E-state index contributed by atoms with van der Waals surface area (Å²) in [4.78, 5) is 55.4. The Kier molecular flexibility index (Phi) is 5.14. The number of fused-ring (bicyclic) bond motifs is 2. The van der Waals surface area contributed by atoms with Crippen molar-refractivity contribution in [2.45, 2.75) is 63.5 Å². The van der Waals surface area contributed by atoms with E-state index in [0.29, 0.717) is 17.9 Å². The molecule has 3 aromatic rings. The van der Waals surface area contributed by atoms with E-state index in [1.54, 1.807) is 18.2 Å². The van der Waals surface area contributed by atoms with Gasteiger partial charge in [0, 0.05) is 36.2 Å². The average molecular weight is 513 g/mol. The molecule has 3 fully saturated rings. The SMILES string of the molecule is Cc1ccnc2c1c(C1CC1)nn2C1CC(CNc2ccc3c(c2)C(=O)N(C2CCC(=O)NC2=O)C3=O)C1. The van der Waals surface area contributed by atoms with Crippen molar-refractivity contribution in [2.75, 3.05) is 11.9 Å². The molecule has 1 aromatic carbocycles. The molecule has 4 aliphatic rings. The van der Waals surface area contributed by atoms with Crippen molar-refractivity contribution < 1.29 is 19.2 Å². The number of aryl methyl sites for hydroxylation is 1. The zero-order valence-corrected chi connectivity index (χ0v) is 21.1. The fourth-order valence-electron chi connectivity index (χ4n) is 6.05. The number of imide groups is 2. The van der Waals surface area contributed by atoms with Gasteiger partial charge in [-0.15, -0.1) is 0 Å². The molecule has 0 radical (unpaired) electrons. The number of amides is 4. The van der Waals surface area contributed by atoms with Gasteiger partial charge in [0.2, 0.25) is 11.8 Å². The Labute approximate surface area is 218 Å². The topological polar surface area (TPSA) is 126 Å². The van der Waals surface area contributed by atoms with E-state index in [9.17, 15) is 19.2 Å². The molecular formula is C28H28N6O4. The number of benzene rings is 1. The van der Waals surface area contributed by atoms with Crippen LogP contribution < -0.4 is 10.6 Å². The third-order valence-corrected chi connectivity index (χ3v) is 8.38. The summed E-state index contributed by atoms with van der Waals surface area (Å²) in [5.41, 5.74) is 4.77. The monoisotopic (exact) mass is 512 g/mol. The van der Waals surface area contributed by atoms with Crippen LogP contribution in [0, 0.1) is 12.8 Å². The third kappa shape index (κ3) is 3.61. The van der Waals surface area contributed by atoms with Gasteiger partial charge in [-0.05, 0) is 74.8 Å². The number of aromatic nitrogens is 3. The van der Waals surface area contributed by atoms with Gasteiger partial charge in [0.05, 0.1) is 22.9 Å². The average Bonchev–Trinajstić information content (AvgIpc) is 3.60. The number of rotatable bonds is 6. The molecule has 2 aliphatic carbocycles. The van der Waals surface area contributed by atoms with E-state index >= 15 is 0 Å². The summed E-state index contributed by atoms with van der Waals surface area (Å²) in [5, 5.41) is 11.9. The summed E-state index contributed by atoms with van der Waals surface area (Å²) in [5.74, 6) is -0.949. The zero-order chi connectivity index (χ0) is 26.1. The van der Waals surface area contributed by atoms with Gasteiger partial charge in [-0.3, -0.25) is 29.4 Å². The summed E-state index contributed by atoms with van der Waals surface area (Å²) < 4.78 is 2.13. The molecule has 1 atom stereocenters. The molecule has 194 valence electrons. The number of nitrogens with one attached hydrogen (secondary N) is 2. The van der Waals surface area contributed by atoms with Crippen molar-refractivity contribution in [1.82, 2.24) is 25.0 Å². The maximum Gasteiger partial charge on any atom is 0.262 e. The Bertz CT molecular complexity index is 1530. The molecule has 0 spiro atoms. The molecular weight excluding hydrogens is 484 g/mol. The lowest BCUT2D eigenvalue weighted by Crippen LogP contribution is -2.54. The maximum absolute atomic E-state index is 13.1. The van der Waals surface area contributed by atoms with E-state index in [0.717, 1.165) is 35.6 Å². The fourth-order valence-corrected chi connectivity index (χ4v) is 6.05. The van der Waals surface area contributed by atoms with Gasteiger partial charge in [0.25, 0.3) is 11.8 Å². The van der Waals surface area contributed by atoms with Crippen molar-refractivity contribution in [3.63, 3.8) is 0 Å². The minimum Gasteiger partial charge on any atom is -0.385 e. The Morgan fingerprint density at radius 3 is 2.58 bits per heavy atom. The highest BCUT2D eigenvalue weighted by Crippen LogP contribution is 2.45. The fraction of sp³-hybridized carbons (Fsp3) is 0.429. The van der Waals surface area contributed by atoms with Gasteiger partial charge in [-0.2, -0.15) is 5.10 Å². The summed E-state index contributed by atoms with van der Waals surface area (Å²) >= 11 is 0. The normalized spacial score (nSPS) is 25.0. The van der Waals surface area contributed by atoms with E-state index in [4.69, 9.17) is 5.10 Å². The highest BCUT2D eigenvalue weighted by molar-refractivity contribution is 6.23. The van der Waals surface area contributed by atoms with E-state index < -0.39 is 23.8 Å². The highest BCUT2D eigenvalue weighted by atomic mass is 16.2. The maximum atomic E-state index is 13.1. The molecule has 2 N–H and O–H groups in total. The number of nitrogens with zero attached hydrogens (tertiary/aromatic N) is 4. The Morgan fingerprint density at radius 1 is 1.03 bits per heavy atom. The second-order valence-electron chi connectivity index (χ2n) is 11.0. The summed E-state index contributed by atoms with van der Waals surface area (Å²) in [6, 6.07) is 6.55. The van der Waals surface area contributed by atoms with Crippen molar-refractivity contribution in [2.24, 2.45) is 5.92 Å². The molecule has 2 saturated carbocycles. The lowest BCUT2D eigenvalue weighted by atomic mass is 9.80. The number of anilines is 1. The molecule has 1 saturated heterocycles. The Morgan fingerprint density at radius 2 is 1.82 bits per heavy atom. The largest absolute Gasteiger partial charge is 0.385 e. The van der Waals surface area contributed by atoms with Crippen LogP contribution >= 0.6 is 0 Å². The summed E-state index contributed by atoms with van der Waals surface area (Å²) in [7, 11) is 0. The lowest BCUT2D eigenvalue weighted by molar-refractivity contribution is -0.136. The van der Waals surface area contributed by atoms with Crippen LogP contribution in [0.15, 0.2) is 30.5 Å². The molecule has 2 aliphatic heterocycles. The van der Waals surface area contributed by atoms with Crippen molar-refractivity contribution in [1.29, 1.82) is 0 Å². The van der Waals surface area contributed by atoms with Gasteiger partial charge in [-0.25, -0.2) is 9.67 Å². The molecule has 4 amide bonds. The van der Waals surface area contributed by atoms with Gasteiger partial charge in [0.15, 0.2) is 5.65 Å². The van der Waals surface area contributed by atoms with E-state index in [1.165, 1.54) is 29.5 Å². The highest BCUT2D eigenvalue weighted by Gasteiger charge is 2.44. The van der Waals surface area contributed by atoms with Crippen molar-refractivity contribution in [3.8, 4) is 0 Å². The Hall–Kier alpha value is -4.08. The van der Waals surface area contributed by atoms with Crippen LogP contribution in [0.4, 0.5) is 5.69 Å². The quantitative estimate of drug-likeness (QED) is 0.486. The minimum absolute atomic E-state index is 0.102. The van der Waals surface area contributed by atoms with Crippen LogP contribution in [0.2, 0.25) is 0 Å². The van der Waals surface area contributed by atoms with Crippen LogP contribution in [-0.2, 0) is 9.59 Å². The van der Waals surface area contributed by atoms with Gasteiger partial charge in [-0.1, -0.05) is 0 Å². The van der Waals surface area contributed by atoms with E-state index in [2.05, 4.69) is 33.3 Å². The number of pyridine rings is 1. The first-order valence-corrected chi connectivity index (χ1v) is 13.3. The number of hydrogen-bond donors (Lipinski definition) is 2. The standard InChI is InChI=1S/C28H28N6O4/c1-14-8-9-29-25-23(14)24(16-2-3-16)32-34(25)18-10-15(11-18)13-30-17-4-5-19-20(12-17)28(38)33(27(19)37)21-6-7-22(35)31-26(21)36/h4-5,8-9,12,15-16,18,21,30H,2-3,6-7,10-11,13H2,1H3,(H,31,35,36). The van der Waals surface area contributed by atoms with Crippen LogP contribution in [0.3, 0.4) is 0 Å². The van der Waals surface area contributed by atoms with Crippen molar-refractivity contribution >= 4 is 40.3 Å². The minimum atomic E-state index is -0.958. The van der Waals surface area contributed by atoms with Gasteiger partial charge < -0.3 is 5.32 Å². The molecule has 0 bridgehead atoms. The molecule has 1 unspecified atom stereocenters. The molecule has 38 heavy (non-hydrogen) atoms. The smallest absolute Gasteiger partial charge is 0.262 e. The van der Waals surface area contributed by atoms with Gasteiger partial charge >= 0.3 is 0 Å². The lowest BCUT2D eigenvalue weighted by Gasteiger charge is -2.35. The van der Waals surface area contributed by atoms with E-state index in [-0.39, 0.29) is 29.9 Å². The first-order chi connectivity index (χ1) is 18.4. The molecule has 2 aromatic heterocycles. The van der Waals surface area contributed by atoms with Crippen LogP contribution in [0.5, 0.6) is 0 Å². The number of carbonyl (C=O) groups is 4. The molecule has 7 rings (SSSR count). The van der Waals surface area contributed by atoms with Crippen LogP contribution in [-0.4, -0.2) is 55.9 Å². The Balaban J connectivity index is 1.01. The second-order valence-corrected chi connectivity index (χ2v) is 11.0. The first-order valence-electron chi connectivity index (χ1n) is 13.3. The van der Waals surface area contributed by atoms with Crippen LogP contribution in [0.25, 0.3) is 11.0 Å². The summed E-state index contributed by atoms with van der Waals surface area (Å²) in [6.45, 7) is 2.88. The number of piperidine rings is 1. The molecule has 4 heterocycles. The zero-order valence-electron chi connectivity index (χ0n) is 21.1. The van der Waals surface area contributed by atoms with Gasteiger partial charge in [0.1, 0.15) is 6.04 Å².